The largest absolute Gasteiger partial charge is 0.500 e. The Hall–Kier alpha value is -0.916. The molecule has 0 spiro atoms. The fourth-order valence-corrected chi connectivity index (χ4v) is 6.19. The first-order valence-corrected chi connectivity index (χ1v) is 15.6. The smallest absolute Gasteiger partial charge is 0.395 e. The van der Waals surface area contributed by atoms with E-state index in [-0.39, 0.29) is 52.1 Å². The highest BCUT2D eigenvalue weighted by atomic mass is 28.4. The average Bonchev–Trinajstić information content (AvgIpc) is 2.84. The van der Waals surface area contributed by atoms with Gasteiger partial charge in [-0.15, -0.1) is 0 Å². The van der Waals surface area contributed by atoms with Gasteiger partial charge in [-0.3, -0.25) is 4.90 Å². The van der Waals surface area contributed by atoms with Crippen LogP contribution in [0, 0.1) is 0 Å². The standard InChI is InChI=1S/C20H41NO11Si2/c1-28-34(29-2,30-3)11-5-9-32-15-20(27)13-21(6-7-22)12-19(26)14-31-8-4-10-33(16-23,17-24)18-25/h16-20,22,26-27H,4-15H2,1-3H3. The molecule has 0 saturated carbocycles. The van der Waals surface area contributed by atoms with Crippen molar-refractivity contribution in [3.8, 4) is 0 Å². The fourth-order valence-electron chi connectivity index (χ4n) is 3.23. The summed E-state index contributed by atoms with van der Waals surface area (Å²) in [4.78, 5) is 34.6. The molecule has 0 aliphatic rings. The van der Waals surface area contributed by atoms with Crippen molar-refractivity contribution in [3.05, 3.63) is 0 Å². The van der Waals surface area contributed by atoms with Gasteiger partial charge in [0.25, 0.3) is 8.07 Å². The molecule has 3 N–H and O–H groups in total. The summed E-state index contributed by atoms with van der Waals surface area (Å²) in [6, 6.07) is 0.756. The minimum absolute atomic E-state index is 0.00349. The first kappa shape index (κ1) is 33.1. The van der Waals surface area contributed by atoms with Gasteiger partial charge in [0.2, 0.25) is 0 Å². The zero-order valence-electron chi connectivity index (χ0n) is 20.4. The van der Waals surface area contributed by atoms with E-state index in [1.165, 1.54) is 0 Å². The van der Waals surface area contributed by atoms with E-state index >= 15 is 0 Å². The number of carbonyl (C=O) groups excluding carboxylic acids is 3. The maximum absolute atomic E-state index is 11.0. The van der Waals surface area contributed by atoms with Gasteiger partial charge in [0, 0.05) is 60.2 Å². The molecule has 12 nitrogen and oxygen atoms in total. The van der Waals surface area contributed by atoms with Gasteiger partial charge < -0.3 is 52.5 Å². The number of rotatable bonds is 24. The molecule has 2 unspecified atom stereocenters. The van der Waals surface area contributed by atoms with E-state index in [2.05, 4.69) is 0 Å². The number of ether oxygens (including phenoxy) is 2. The maximum Gasteiger partial charge on any atom is 0.500 e. The number of nitrogens with zero attached hydrogens (tertiary/aromatic N) is 1. The van der Waals surface area contributed by atoms with E-state index in [0.29, 0.717) is 43.2 Å². The van der Waals surface area contributed by atoms with Gasteiger partial charge in [-0.1, -0.05) is 0 Å². The molecule has 200 valence electrons. The van der Waals surface area contributed by atoms with Gasteiger partial charge in [0.05, 0.1) is 32.0 Å². The number of carbonyl (C=O) groups is 3. The fraction of sp³-hybridized carbons (Fsp3) is 0.850. The third-order valence-electron chi connectivity index (χ3n) is 5.24. The Morgan fingerprint density at radius 3 is 1.62 bits per heavy atom. The Labute approximate surface area is 203 Å². The quantitative estimate of drug-likeness (QED) is 0.0755. The molecule has 0 aromatic rings. The maximum atomic E-state index is 11.0. The highest BCUT2D eigenvalue weighted by Gasteiger charge is 2.37. The van der Waals surface area contributed by atoms with E-state index in [1.807, 2.05) is 0 Å². The SMILES string of the molecule is CO[Si](CCCOCC(O)CN(CCO)CC(O)COCCC[Si](C=O)(C=O)C=O)(OC)OC. The molecule has 0 heterocycles. The van der Waals surface area contributed by atoms with Crippen LogP contribution in [-0.2, 0) is 37.1 Å². The van der Waals surface area contributed by atoms with E-state index in [9.17, 15) is 29.7 Å². The first-order valence-electron chi connectivity index (χ1n) is 11.2. The molecular weight excluding hydrogens is 486 g/mol. The lowest BCUT2D eigenvalue weighted by Crippen LogP contribution is -2.43. The van der Waals surface area contributed by atoms with Crippen molar-refractivity contribution < 1.29 is 52.5 Å². The molecule has 14 heteroatoms. The van der Waals surface area contributed by atoms with Crippen molar-refractivity contribution >= 4 is 34.6 Å². The van der Waals surface area contributed by atoms with Crippen molar-refractivity contribution in [2.24, 2.45) is 0 Å². The summed E-state index contributed by atoms with van der Waals surface area (Å²) < 4.78 is 26.9. The molecule has 0 rings (SSSR count). The van der Waals surface area contributed by atoms with Crippen molar-refractivity contribution in [1.82, 2.24) is 4.90 Å². The Morgan fingerprint density at radius 1 is 0.794 bits per heavy atom. The van der Waals surface area contributed by atoms with Gasteiger partial charge in [-0.25, -0.2) is 0 Å². The van der Waals surface area contributed by atoms with Crippen LogP contribution in [-0.4, -0.2) is 141 Å². The summed E-state index contributed by atoms with van der Waals surface area (Å²) in [5.41, 5.74) is 0. The molecule has 34 heavy (non-hydrogen) atoms. The van der Waals surface area contributed by atoms with Crippen LogP contribution in [0.4, 0.5) is 0 Å². The van der Waals surface area contributed by atoms with Crippen LogP contribution < -0.4 is 0 Å². The lowest BCUT2D eigenvalue weighted by Gasteiger charge is -2.27. The number of aliphatic hydroxyl groups is 3. The summed E-state index contributed by atoms with van der Waals surface area (Å²) in [7, 11) is -1.18. The predicted molar refractivity (Wildman–Crippen MR) is 129 cm³/mol. The summed E-state index contributed by atoms with van der Waals surface area (Å²) >= 11 is 0. The molecule has 0 radical (unpaired) electrons. The van der Waals surface area contributed by atoms with Crippen molar-refractivity contribution in [1.29, 1.82) is 0 Å². The third-order valence-corrected chi connectivity index (χ3v) is 10.6. The van der Waals surface area contributed by atoms with Crippen molar-refractivity contribution in [2.75, 3.05) is 74.0 Å². The Morgan fingerprint density at radius 2 is 1.24 bits per heavy atom. The molecular formula is C20H41NO11Si2. The van der Waals surface area contributed by atoms with Crippen LogP contribution in [0.1, 0.15) is 12.8 Å². The lowest BCUT2D eigenvalue weighted by atomic mass is 10.3. The molecule has 0 saturated heterocycles. The second kappa shape index (κ2) is 19.3. The second-order valence-corrected chi connectivity index (χ2v) is 14.4. The zero-order valence-corrected chi connectivity index (χ0v) is 22.4. The Balaban J connectivity index is 4.22. The number of aliphatic hydroxyl groups excluding tert-OH is 3. The predicted octanol–water partition coefficient (Wildman–Crippen LogP) is -1.54. The molecule has 0 aromatic carbocycles. The van der Waals surface area contributed by atoms with Crippen LogP contribution in [0.2, 0.25) is 12.1 Å². The van der Waals surface area contributed by atoms with Crippen molar-refractivity contribution in [3.63, 3.8) is 0 Å². The second-order valence-electron chi connectivity index (χ2n) is 7.91. The number of hydrogen-bond donors (Lipinski definition) is 3. The van der Waals surface area contributed by atoms with E-state index in [1.54, 1.807) is 26.2 Å². The van der Waals surface area contributed by atoms with Crippen LogP contribution >= 0.6 is 0 Å². The third kappa shape index (κ3) is 13.2. The molecule has 0 amide bonds. The molecule has 2 atom stereocenters. The van der Waals surface area contributed by atoms with Crippen LogP contribution in [0.25, 0.3) is 0 Å². The van der Waals surface area contributed by atoms with Crippen molar-refractivity contribution in [2.45, 2.75) is 37.1 Å². The molecule has 0 aliphatic carbocycles. The average molecular weight is 528 g/mol. The Bertz CT molecular complexity index is 525. The summed E-state index contributed by atoms with van der Waals surface area (Å²) in [6.07, 6.45) is -0.697. The molecule has 0 aromatic heterocycles. The van der Waals surface area contributed by atoms with Gasteiger partial charge >= 0.3 is 8.80 Å². The highest BCUT2D eigenvalue weighted by Crippen LogP contribution is 2.14. The number of hydrogen-bond acceptors (Lipinski definition) is 12. The molecule has 0 bridgehead atoms. The van der Waals surface area contributed by atoms with Crippen LogP contribution in [0.5, 0.6) is 0 Å². The van der Waals surface area contributed by atoms with Gasteiger partial charge in [-0.2, -0.15) is 0 Å². The van der Waals surface area contributed by atoms with E-state index in [0.717, 1.165) is 0 Å². The topological polar surface area (TPSA) is 161 Å². The Kier molecular flexibility index (Phi) is 18.8. The zero-order chi connectivity index (χ0) is 25.9. The minimum atomic E-state index is -3.16. The van der Waals surface area contributed by atoms with E-state index < -0.39 is 29.1 Å². The van der Waals surface area contributed by atoms with Crippen LogP contribution in [0.3, 0.4) is 0 Å². The summed E-state index contributed by atoms with van der Waals surface area (Å²) in [5.74, 6) is 1.37. The molecule has 0 aliphatic heterocycles. The van der Waals surface area contributed by atoms with Gasteiger partial charge in [0.1, 0.15) is 17.7 Å². The van der Waals surface area contributed by atoms with E-state index in [4.69, 9.17) is 22.8 Å². The van der Waals surface area contributed by atoms with Gasteiger partial charge in [-0.05, 0) is 18.9 Å². The van der Waals surface area contributed by atoms with Gasteiger partial charge in [0.15, 0.2) is 0 Å². The lowest BCUT2D eigenvalue weighted by molar-refractivity contribution is -0.0133. The summed E-state index contributed by atoms with van der Waals surface area (Å²) in [6.45, 7) is 1.13. The monoisotopic (exact) mass is 527 g/mol. The highest BCUT2D eigenvalue weighted by molar-refractivity contribution is 7.32. The van der Waals surface area contributed by atoms with Crippen LogP contribution in [0.15, 0.2) is 0 Å². The molecule has 0 fully saturated rings. The minimum Gasteiger partial charge on any atom is -0.395 e. The summed E-state index contributed by atoms with van der Waals surface area (Å²) in [5, 5.41) is 29.7. The normalized spacial score (nSPS) is 14.2. The first-order chi connectivity index (χ1) is 16.3.